The molecule has 90 valence electrons. The van der Waals surface area contributed by atoms with E-state index in [1.54, 1.807) is 18.2 Å². The van der Waals surface area contributed by atoms with E-state index in [0.717, 1.165) is 13.0 Å². The Hall–Kier alpha value is -1.22. The quantitative estimate of drug-likeness (QED) is 0.724. The second kappa shape index (κ2) is 7.12. The van der Waals surface area contributed by atoms with Gasteiger partial charge in [-0.3, -0.25) is 0 Å². The highest BCUT2D eigenvalue weighted by molar-refractivity contribution is 5.37. The highest BCUT2D eigenvalue weighted by Gasteiger charge is 1.99. The van der Waals surface area contributed by atoms with Crippen molar-refractivity contribution in [3.8, 4) is 11.5 Å². The average Bonchev–Trinajstić information content (AvgIpc) is 2.25. The summed E-state index contributed by atoms with van der Waals surface area (Å²) in [4.78, 5) is 0. The minimum absolute atomic E-state index is 0.171. The standard InChI is InChI=1S/C13H20O3/c1-11(2)7-8-15-9-10-16-13-6-4-3-5-12(13)14/h3-6,11,14H,7-10H2,1-2H3. The van der Waals surface area contributed by atoms with Gasteiger partial charge in [0.25, 0.3) is 0 Å². The number of hydrogen-bond donors (Lipinski definition) is 1. The van der Waals surface area contributed by atoms with Gasteiger partial charge in [-0.15, -0.1) is 0 Å². The van der Waals surface area contributed by atoms with Gasteiger partial charge in [-0.25, -0.2) is 0 Å². The molecule has 0 fully saturated rings. The minimum Gasteiger partial charge on any atom is -0.504 e. The molecule has 0 heterocycles. The Morgan fingerprint density at radius 2 is 1.88 bits per heavy atom. The molecule has 0 radical (unpaired) electrons. The molecular weight excluding hydrogens is 204 g/mol. The third-order valence-corrected chi connectivity index (χ3v) is 2.19. The van der Waals surface area contributed by atoms with Gasteiger partial charge in [0.1, 0.15) is 6.61 Å². The van der Waals surface area contributed by atoms with Crippen LogP contribution >= 0.6 is 0 Å². The van der Waals surface area contributed by atoms with Crippen molar-refractivity contribution in [3.63, 3.8) is 0 Å². The van der Waals surface area contributed by atoms with E-state index in [9.17, 15) is 5.11 Å². The second-order valence-electron chi connectivity index (χ2n) is 4.11. The summed E-state index contributed by atoms with van der Waals surface area (Å²) in [5.41, 5.74) is 0. The molecule has 16 heavy (non-hydrogen) atoms. The summed E-state index contributed by atoms with van der Waals surface area (Å²) in [5, 5.41) is 9.42. The molecule has 0 bridgehead atoms. The SMILES string of the molecule is CC(C)CCOCCOc1ccccc1O. The van der Waals surface area contributed by atoms with Crippen molar-refractivity contribution in [2.45, 2.75) is 20.3 Å². The lowest BCUT2D eigenvalue weighted by Gasteiger charge is -2.09. The van der Waals surface area contributed by atoms with Crippen LogP contribution in [0.2, 0.25) is 0 Å². The van der Waals surface area contributed by atoms with Crippen LogP contribution in [0.1, 0.15) is 20.3 Å². The number of rotatable bonds is 7. The molecule has 0 saturated carbocycles. The molecule has 0 aromatic heterocycles. The fourth-order valence-electron chi connectivity index (χ4n) is 1.21. The lowest BCUT2D eigenvalue weighted by Crippen LogP contribution is -2.08. The van der Waals surface area contributed by atoms with E-state index < -0.39 is 0 Å². The van der Waals surface area contributed by atoms with Crippen LogP contribution in [0.3, 0.4) is 0 Å². The van der Waals surface area contributed by atoms with Gasteiger partial charge in [-0.2, -0.15) is 0 Å². The molecule has 0 aliphatic rings. The Kier molecular flexibility index (Phi) is 5.72. The van der Waals surface area contributed by atoms with Gasteiger partial charge in [-0.1, -0.05) is 26.0 Å². The molecule has 0 aliphatic carbocycles. The molecule has 0 saturated heterocycles. The fourth-order valence-corrected chi connectivity index (χ4v) is 1.21. The van der Waals surface area contributed by atoms with Crippen LogP contribution < -0.4 is 4.74 Å². The molecule has 0 aliphatic heterocycles. The molecule has 1 N–H and O–H groups in total. The van der Waals surface area contributed by atoms with Crippen LogP contribution in [-0.2, 0) is 4.74 Å². The van der Waals surface area contributed by atoms with Gasteiger partial charge < -0.3 is 14.6 Å². The number of para-hydroxylation sites is 2. The summed E-state index contributed by atoms with van der Waals surface area (Å²) in [7, 11) is 0. The van der Waals surface area contributed by atoms with Gasteiger partial charge in [0, 0.05) is 6.61 Å². The molecule has 0 atom stereocenters. The van der Waals surface area contributed by atoms with Crippen LogP contribution in [0, 0.1) is 5.92 Å². The largest absolute Gasteiger partial charge is 0.504 e. The van der Waals surface area contributed by atoms with Gasteiger partial charge in [0.05, 0.1) is 6.61 Å². The summed E-state index contributed by atoms with van der Waals surface area (Å²) in [6.45, 7) is 6.13. The highest BCUT2D eigenvalue weighted by Crippen LogP contribution is 2.23. The minimum atomic E-state index is 0.171. The van der Waals surface area contributed by atoms with E-state index in [1.807, 2.05) is 6.07 Å². The molecule has 0 amide bonds. The van der Waals surface area contributed by atoms with Crippen LogP contribution in [0.5, 0.6) is 11.5 Å². The van der Waals surface area contributed by atoms with E-state index in [2.05, 4.69) is 13.8 Å². The predicted octanol–water partition coefficient (Wildman–Crippen LogP) is 2.83. The first-order chi connectivity index (χ1) is 7.70. The van der Waals surface area contributed by atoms with Gasteiger partial charge in [0.2, 0.25) is 0 Å². The number of aromatic hydroxyl groups is 1. The van der Waals surface area contributed by atoms with Crippen molar-refractivity contribution in [1.82, 2.24) is 0 Å². The maximum Gasteiger partial charge on any atom is 0.161 e. The summed E-state index contributed by atoms with van der Waals surface area (Å²) in [5.74, 6) is 1.35. The van der Waals surface area contributed by atoms with Gasteiger partial charge in [-0.05, 0) is 24.5 Å². The lowest BCUT2D eigenvalue weighted by atomic mass is 10.1. The zero-order valence-corrected chi connectivity index (χ0v) is 9.98. The van der Waals surface area contributed by atoms with Crippen molar-refractivity contribution >= 4 is 0 Å². The average molecular weight is 224 g/mol. The first-order valence-corrected chi connectivity index (χ1v) is 5.68. The van der Waals surface area contributed by atoms with Crippen molar-refractivity contribution in [2.75, 3.05) is 19.8 Å². The predicted molar refractivity (Wildman–Crippen MR) is 63.9 cm³/mol. The van der Waals surface area contributed by atoms with E-state index in [1.165, 1.54) is 0 Å². The Bertz CT molecular complexity index is 297. The van der Waals surface area contributed by atoms with E-state index in [0.29, 0.717) is 24.9 Å². The number of hydrogen-bond acceptors (Lipinski definition) is 3. The summed E-state index contributed by atoms with van der Waals surface area (Å²) < 4.78 is 10.8. The molecule has 1 rings (SSSR count). The van der Waals surface area contributed by atoms with E-state index in [4.69, 9.17) is 9.47 Å². The smallest absolute Gasteiger partial charge is 0.161 e. The molecule has 1 aromatic rings. The maximum atomic E-state index is 9.42. The van der Waals surface area contributed by atoms with Crippen LogP contribution in [0.25, 0.3) is 0 Å². The normalized spacial score (nSPS) is 10.7. The lowest BCUT2D eigenvalue weighted by molar-refractivity contribution is 0.0917. The van der Waals surface area contributed by atoms with Gasteiger partial charge >= 0.3 is 0 Å². The number of benzene rings is 1. The molecular formula is C13H20O3. The Labute approximate surface area is 97.0 Å². The Morgan fingerprint density at radius 1 is 1.12 bits per heavy atom. The summed E-state index contributed by atoms with van der Waals surface area (Å²) in [6, 6.07) is 6.94. The van der Waals surface area contributed by atoms with Crippen LogP contribution in [0.4, 0.5) is 0 Å². The monoisotopic (exact) mass is 224 g/mol. The summed E-state index contributed by atoms with van der Waals surface area (Å²) >= 11 is 0. The summed E-state index contributed by atoms with van der Waals surface area (Å²) in [6.07, 6.45) is 1.07. The Balaban J connectivity index is 2.10. The van der Waals surface area contributed by atoms with Crippen molar-refractivity contribution in [1.29, 1.82) is 0 Å². The third kappa shape index (κ3) is 5.03. The van der Waals surface area contributed by atoms with E-state index in [-0.39, 0.29) is 5.75 Å². The zero-order chi connectivity index (χ0) is 11.8. The molecule has 0 spiro atoms. The molecule has 3 heteroatoms. The maximum absolute atomic E-state index is 9.42. The van der Waals surface area contributed by atoms with E-state index >= 15 is 0 Å². The van der Waals surface area contributed by atoms with Crippen molar-refractivity contribution in [3.05, 3.63) is 24.3 Å². The van der Waals surface area contributed by atoms with Crippen molar-refractivity contribution < 1.29 is 14.6 Å². The fraction of sp³-hybridized carbons (Fsp3) is 0.538. The highest BCUT2D eigenvalue weighted by atomic mass is 16.5. The molecule has 1 aromatic carbocycles. The number of ether oxygens (including phenoxy) is 2. The number of phenolic OH excluding ortho intramolecular Hbond substituents is 1. The van der Waals surface area contributed by atoms with Crippen molar-refractivity contribution in [2.24, 2.45) is 5.92 Å². The first-order valence-electron chi connectivity index (χ1n) is 5.68. The van der Waals surface area contributed by atoms with Crippen LogP contribution in [0.15, 0.2) is 24.3 Å². The van der Waals surface area contributed by atoms with Gasteiger partial charge in [0.15, 0.2) is 11.5 Å². The molecule has 0 unspecified atom stereocenters. The Morgan fingerprint density at radius 3 is 2.56 bits per heavy atom. The third-order valence-electron chi connectivity index (χ3n) is 2.19. The zero-order valence-electron chi connectivity index (χ0n) is 9.98. The number of phenols is 1. The second-order valence-corrected chi connectivity index (χ2v) is 4.11. The van der Waals surface area contributed by atoms with Crippen LogP contribution in [-0.4, -0.2) is 24.9 Å². The first kappa shape index (κ1) is 12.8. The topological polar surface area (TPSA) is 38.7 Å². The molecule has 3 nitrogen and oxygen atoms in total.